The molecular weight excluding hydrogens is 178 g/mol. The van der Waals surface area contributed by atoms with E-state index in [9.17, 15) is 4.79 Å². The molecule has 0 bridgehead atoms. The zero-order chi connectivity index (χ0) is 9.80. The monoisotopic (exact) mass is 191 g/mol. The van der Waals surface area contributed by atoms with Crippen molar-refractivity contribution >= 4 is 6.29 Å². The molecule has 0 amide bonds. The van der Waals surface area contributed by atoms with Crippen LogP contribution in [0.4, 0.5) is 0 Å². The maximum absolute atomic E-state index is 10.8. The minimum atomic E-state index is 0.0187. The number of hydrogen-bond acceptors (Lipinski definition) is 3. The molecule has 1 fully saturated rings. The maximum Gasteiger partial charge on any atom is 0.150 e. The Morgan fingerprint density at radius 1 is 1.43 bits per heavy atom. The number of benzene rings is 1. The predicted molar refractivity (Wildman–Crippen MR) is 53.4 cm³/mol. The fourth-order valence-corrected chi connectivity index (χ4v) is 1.68. The molecule has 1 atom stereocenters. The first-order chi connectivity index (χ1) is 6.92. The average Bonchev–Trinajstić information content (AvgIpc) is 2.30. The van der Waals surface area contributed by atoms with Gasteiger partial charge in [-0.25, -0.2) is 0 Å². The summed E-state index contributed by atoms with van der Waals surface area (Å²) in [4.78, 5) is 10.8. The Morgan fingerprint density at radius 3 is 3.00 bits per heavy atom. The van der Waals surface area contributed by atoms with E-state index in [1.54, 1.807) is 0 Å². The van der Waals surface area contributed by atoms with Crippen LogP contribution in [0.1, 0.15) is 22.0 Å². The molecule has 0 aliphatic carbocycles. The minimum absolute atomic E-state index is 0.0187. The number of ether oxygens (including phenoxy) is 1. The first kappa shape index (κ1) is 9.37. The smallest absolute Gasteiger partial charge is 0.150 e. The Morgan fingerprint density at radius 2 is 2.29 bits per heavy atom. The van der Waals surface area contributed by atoms with Crippen molar-refractivity contribution in [3.05, 3.63) is 35.4 Å². The Balaban J connectivity index is 2.24. The van der Waals surface area contributed by atoms with E-state index >= 15 is 0 Å². The number of morpholine rings is 1. The molecule has 3 heteroatoms. The van der Waals surface area contributed by atoms with Crippen molar-refractivity contribution in [2.75, 3.05) is 19.7 Å². The van der Waals surface area contributed by atoms with Crippen molar-refractivity contribution < 1.29 is 9.53 Å². The summed E-state index contributed by atoms with van der Waals surface area (Å²) >= 11 is 0. The van der Waals surface area contributed by atoms with Crippen molar-refractivity contribution in [1.82, 2.24) is 5.32 Å². The molecule has 1 aliphatic heterocycles. The lowest BCUT2D eigenvalue weighted by molar-refractivity contribution is 0.0273. The van der Waals surface area contributed by atoms with Crippen LogP contribution in [-0.2, 0) is 4.74 Å². The summed E-state index contributed by atoms with van der Waals surface area (Å²) < 4.78 is 5.59. The second-order valence-electron chi connectivity index (χ2n) is 3.31. The Labute approximate surface area is 83.1 Å². The van der Waals surface area contributed by atoms with Crippen LogP contribution < -0.4 is 5.32 Å². The lowest BCUT2D eigenvalue weighted by Crippen LogP contribution is -2.33. The minimum Gasteiger partial charge on any atom is -0.371 e. The number of aldehydes is 1. The summed E-state index contributed by atoms with van der Waals surface area (Å²) in [5.74, 6) is 0. The SMILES string of the molecule is O=Cc1ccccc1C1CNCCO1. The van der Waals surface area contributed by atoms with Gasteiger partial charge in [-0.15, -0.1) is 0 Å². The van der Waals surface area contributed by atoms with E-state index in [1.807, 2.05) is 24.3 Å². The van der Waals surface area contributed by atoms with Crippen LogP contribution in [-0.4, -0.2) is 26.0 Å². The van der Waals surface area contributed by atoms with Gasteiger partial charge in [-0.05, 0) is 5.56 Å². The van der Waals surface area contributed by atoms with Crippen molar-refractivity contribution in [1.29, 1.82) is 0 Å². The van der Waals surface area contributed by atoms with Gasteiger partial charge < -0.3 is 10.1 Å². The molecule has 2 rings (SSSR count). The fourth-order valence-electron chi connectivity index (χ4n) is 1.68. The second-order valence-corrected chi connectivity index (χ2v) is 3.31. The molecule has 0 spiro atoms. The lowest BCUT2D eigenvalue weighted by atomic mass is 10.0. The van der Waals surface area contributed by atoms with Crippen LogP contribution in [0.15, 0.2) is 24.3 Å². The van der Waals surface area contributed by atoms with E-state index in [1.165, 1.54) is 0 Å². The lowest BCUT2D eigenvalue weighted by Gasteiger charge is -2.24. The van der Waals surface area contributed by atoms with Gasteiger partial charge in [0.1, 0.15) is 6.29 Å². The van der Waals surface area contributed by atoms with E-state index in [0.717, 1.165) is 30.5 Å². The van der Waals surface area contributed by atoms with Crippen LogP contribution >= 0.6 is 0 Å². The molecule has 0 radical (unpaired) electrons. The van der Waals surface area contributed by atoms with E-state index in [4.69, 9.17) is 4.74 Å². The summed E-state index contributed by atoms with van der Waals surface area (Å²) in [5.41, 5.74) is 1.70. The van der Waals surface area contributed by atoms with Crippen molar-refractivity contribution in [3.8, 4) is 0 Å². The molecule has 1 aliphatic rings. The van der Waals surface area contributed by atoms with Crippen LogP contribution in [0, 0.1) is 0 Å². The van der Waals surface area contributed by atoms with E-state index in [0.29, 0.717) is 6.61 Å². The number of carbonyl (C=O) groups excluding carboxylic acids is 1. The molecule has 3 nitrogen and oxygen atoms in total. The van der Waals surface area contributed by atoms with Gasteiger partial charge in [0.05, 0.1) is 12.7 Å². The van der Waals surface area contributed by atoms with Gasteiger partial charge in [0.15, 0.2) is 0 Å². The molecule has 1 aromatic rings. The zero-order valence-corrected chi connectivity index (χ0v) is 7.90. The Kier molecular flexibility index (Phi) is 2.91. The summed E-state index contributed by atoms with van der Waals surface area (Å²) in [6.07, 6.45) is 0.901. The fraction of sp³-hybridized carbons (Fsp3) is 0.364. The number of nitrogens with one attached hydrogen (secondary N) is 1. The molecular formula is C11H13NO2. The van der Waals surface area contributed by atoms with Crippen molar-refractivity contribution in [2.45, 2.75) is 6.10 Å². The summed E-state index contributed by atoms with van der Waals surface area (Å²) in [5, 5.41) is 3.24. The van der Waals surface area contributed by atoms with Crippen LogP contribution in [0.5, 0.6) is 0 Å². The summed E-state index contributed by atoms with van der Waals surface area (Å²) in [6.45, 7) is 2.38. The Hall–Kier alpha value is -1.19. The van der Waals surface area contributed by atoms with Gasteiger partial charge >= 0.3 is 0 Å². The molecule has 14 heavy (non-hydrogen) atoms. The first-order valence-corrected chi connectivity index (χ1v) is 4.78. The topological polar surface area (TPSA) is 38.3 Å². The summed E-state index contributed by atoms with van der Waals surface area (Å²) in [7, 11) is 0. The maximum atomic E-state index is 10.8. The quantitative estimate of drug-likeness (QED) is 0.713. The third-order valence-corrected chi connectivity index (χ3v) is 2.40. The van der Waals surface area contributed by atoms with Crippen molar-refractivity contribution in [2.24, 2.45) is 0 Å². The Bertz CT molecular complexity index is 319. The van der Waals surface area contributed by atoms with Gasteiger partial charge in [0, 0.05) is 18.7 Å². The number of hydrogen-bond donors (Lipinski definition) is 1. The van der Waals surface area contributed by atoms with E-state index in [2.05, 4.69) is 5.32 Å². The highest BCUT2D eigenvalue weighted by molar-refractivity contribution is 5.77. The molecule has 74 valence electrons. The molecule has 0 aromatic heterocycles. The zero-order valence-electron chi connectivity index (χ0n) is 7.90. The standard InChI is InChI=1S/C11H13NO2/c13-8-9-3-1-2-4-10(9)11-7-12-5-6-14-11/h1-4,8,11-12H,5-7H2. The number of carbonyl (C=O) groups is 1. The third kappa shape index (κ3) is 1.84. The molecule has 1 heterocycles. The molecule has 0 saturated carbocycles. The van der Waals surface area contributed by atoms with Crippen LogP contribution in [0.25, 0.3) is 0 Å². The molecule has 1 saturated heterocycles. The average molecular weight is 191 g/mol. The van der Waals surface area contributed by atoms with E-state index < -0.39 is 0 Å². The van der Waals surface area contributed by atoms with Crippen LogP contribution in [0.3, 0.4) is 0 Å². The summed E-state index contributed by atoms with van der Waals surface area (Å²) in [6, 6.07) is 7.56. The third-order valence-electron chi connectivity index (χ3n) is 2.40. The van der Waals surface area contributed by atoms with Crippen molar-refractivity contribution in [3.63, 3.8) is 0 Å². The molecule has 1 N–H and O–H groups in total. The van der Waals surface area contributed by atoms with Gasteiger partial charge in [-0.1, -0.05) is 24.3 Å². The van der Waals surface area contributed by atoms with Gasteiger partial charge in [-0.3, -0.25) is 4.79 Å². The van der Waals surface area contributed by atoms with E-state index in [-0.39, 0.29) is 6.10 Å². The highest BCUT2D eigenvalue weighted by atomic mass is 16.5. The highest BCUT2D eigenvalue weighted by Crippen LogP contribution is 2.21. The highest BCUT2D eigenvalue weighted by Gasteiger charge is 2.17. The largest absolute Gasteiger partial charge is 0.371 e. The predicted octanol–water partition coefficient (Wildman–Crippen LogP) is 1.16. The first-order valence-electron chi connectivity index (χ1n) is 4.78. The van der Waals surface area contributed by atoms with Gasteiger partial charge in [-0.2, -0.15) is 0 Å². The molecule has 1 unspecified atom stereocenters. The van der Waals surface area contributed by atoms with Gasteiger partial charge in [0.25, 0.3) is 0 Å². The second kappa shape index (κ2) is 4.35. The van der Waals surface area contributed by atoms with Gasteiger partial charge in [0.2, 0.25) is 0 Å². The molecule has 1 aromatic carbocycles. The normalized spacial score (nSPS) is 21.9. The van der Waals surface area contributed by atoms with Crippen LogP contribution in [0.2, 0.25) is 0 Å². The number of rotatable bonds is 2.